The molecule has 90 valence electrons. The summed E-state index contributed by atoms with van der Waals surface area (Å²) < 4.78 is 7.40. The van der Waals surface area contributed by atoms with Crippen molar-refractivity contribution in [1.82, 2.24) is 20.0 Å². The molecule has 5 nitrogen and oxygen atoms in total. The minimum atomic E-state index is 0.572. The molecule has 0 saturated carbocycles. The average Bonchev–Trinajstić information content (AvgIpc) is 3.02. The molecule has 0 aliphatic rings. The van der Waals surface area contributed by atoms with E-state index in [0.29, 0.717) is 12.4 Å². The van der Waals surface area contributed by atoms with Gasteiger partial charge in [0.25, 0.3) is 0 Å². The predicted octanol–water partition coefficient (Wildman–Crippen LogP) is 2.29. The molecule has 0 amide bonds. The van der Waals surface area contributed by atoms with E-state index in [0.717, 1.165) is 17.0 Å². The number of nitrogens with zero attached hydrogens (tertiary/aromatic N) is 4. The Morgan fingerprint density at radius 3 is 2.78 bits per heavy atom. The first kappa shape index (κ1) is 10.7. The lowest BCUT2D eigenvalue weighted by Crippen LogP contribution is -2.02. The van der Waals surface area contributed by atoms with Crippen LogP contribution in [0.15, 0.2) is 47.1 Å². The van der Waals surface area contributed by atoms with Gasteiger partial charge in [0, 0.05) is 11.8 Å². The van der Waals surface area contributed by atoms with Crippen LogP contribution in [-0.2, 0) is 6.54 Å². The van der Waals surface area contributed by atoms with Gasteiger partial charge in [0.05, 0.1) is 12.7 Å². The highest BCUT2D eigenvalue weighted by atomic mass is 16.4. The highest BCUT2D eigenvalue weighted by Crippen LogP contribution is 2.21. The van der Waals surface area contributed by atoms with Gasteiger partial charge in [0.15, 0.2) is 0 Å². The van der Waals surface area contributed by atoms with Gasteiger partial charge < -0.3 is 4.42 Å². The summed E-state index contributed by atoms with van der Waals surface area (Å²) in [7, 11) is 0. The van der Waals surface area contributed by atoms with E-state index in [1.54, 1.807) is 17.1 Å². The van der Waals surface area contributed by atoms with Crippen molar-refractivity contribution >= 4 is 0 Å². The zero-order valence-electron chi connectivity index (χ0n) is 9.95. The van der Waals surface area contributed by atoms with Gasteiger partial charge in [-0.15, -0.1) is 5.10 Å². The lowest BCUT2D eigenvalue weighted by molar-refractivity contribution is 0.535. The second-order valence-corrected chi connectivity index (χ2v) is 3.99. The zero-order chi connectivity index (χ0) is 12.4. The lowest BCUT2D eigenvalue weighted by atomic mass is 10.2. The highest BCUT2D eigenvalue weighted by Gasteiger charge is 2.11. The molecule has 0 aliphatic heterocycles. The average molecular weight is 240 g/mol. The van der Waals surface area contributed by atoms with Crippen LogP contribution in [0.3, 0.4) is 0 Å². The fourth-order valence-electron chi connectivity index (χ4n) is 1.75. The van der Waals surface area contributed by atoms with E-state index in [1.165, 1.54) is 0 Å². The van der Waals surface area contributed by atoms with Crippen LogP contribution in [0.25, 0.3) is 11.5 Å². The number of oxazole rings is 1. The molecule has 0 aliphatic carbocycles. The van der Waals surface area contributed by atoms with E-state index in [-0.39, 0.29) is 0 Å². The summed E-state index contributed by atoms with van der Waals surface area (Å²) in [5.41, 5.74) is 1.85. The summed E-state index contributed by atoms with van der Waals surface area (Å²) >= 11 is 0. The standard InChI is InChI=1S/C13H12N4O/c1-10-12(9-17-8-7-14-16-17)15-13(18-10)11-5-3-2-4-6-11/h2-8H,9H2,1H3. The molecule has 0 unspecified atom stereocenters. The number of aromatic nitrogens is 4. The number of rotatable bonds is 3. The molecule has 5 heteroatoms. The molecule has 0 N–H and O–H groups in total. The third kappa shape index (κ3) is 2.02. The summed E-state index contributed by atoms with van der Waals surface area (Å²) in [6.07, 6.45) is 3.45. The first-order valence-corrected chi connectivity index (χ1v) is 5.69. The Morgan fingerprint density at radius 1 is 1.22 bits per heavy atom. The summed E-state index contributed by atoms with van der Waals surface area (Å²) in [5.74, 6) is 1.45. The van der Waals surface area contributed by atoms with Crippen LogP contribution in [-0.4, -0.2) is 20.0 Å². The summed E-state index contributed by atoms with van der Waals surface area (Å²) in [4.78, 5) is 4.50. The van der Waals surface area contributed by atoms with E-state index in [2.05, 4.69) is 15.3 Å². The molecule has 0 spiro atoms. The summed E-state index contributed by atoms with van der Waals surface area (Å²) in [6, 6.07) is 9.85. The van der Waals surface area contributed by atoms with Crippen LogP contribution >= 0.6 is 0 Å². The Labute approximate surface area is 104 Å². The minimum absolute atomic E-state index is 0.572. The molecule has 0 fully saturated rings. The van der Waals surface area contributed by atoms with Crippen molar-refractivity contribution in [2.45, 2.75) is 13.5 Å². The van der Waals surface area contributed by atoms with Gasteiger partial charge >= 0.3 is 0 Å². The SMILES string of the molecule is Cc1oc(-c2ccccc2)nc1Cn1ccnn1. The van der Waals surface area contributed by atoms with Gasteiger partial charge in [0.1, 0.15) is 11.5 Å². The highest BCUT2D eigenvalue weighted by molar-refractivity contribution is 5.53. The number of hydrogen-bond acceptors (Lipinski definition) is 4. The van der Waals surface area contributed by atoms with Crippen molar-refractivity contribution in [1.29, 1.82) is 0 Å². The molecule has 1 aromatic carbocycles. The quantitative estimate of drug-likeness (QED) is 0.704. The van der Waals surface area contributed by atoms with Gasteiger partial charge in [-0.25, -0.2) is 9.67 Å². The lowest BCUT2D eigenvalue weighted by Gasteiger charge is -1.95. The third-order valence-corrected chi connectivity index (χ3v) is 2.70. The van der Waals surface area contributed by atoms with Crippen molar-refractivity contribution in [3.05, 3.63) is 54.2 Å². The van der Waals surface area contributed by atoms with Gasteiger partial charge in [-0.3, -0.25) is 0 Å². The second-order valence-electron chi connectivity index (χ2n) is 3.99. The molecular weight excluding hydrogens is 228 g/mol. The first-order valence-electron chi connectivity index (χ1n) is 5.69. The Kier molecular flexibility index (Phi) is 2.64. The predicted molar refractivity (Wildman–Crippen MR) is 65.8 cm³/mol. The molecule has 3 rings (SSSR count). The summed E-state index contributed by atoms with van der Waals surface area (Å²) in [5, 5.41) is 7.69. The van der Waals surface area contributed by atoms with Crippen molar-refractivity contribution < 1.29 is 4.42 Å². The molecule has 2 aromatic heterocycles. The maximum absolute atomic E-state index is 5.68. The Morgan fingerprint density at radius 2 is 2.06 bits per heavy atom. The van der Waals surface area contributed by atoms with Crippen LogP contribution in [0.4, 0.5) is 0 Å². The molecule has 0 radical (unpaired) electrons. The fourth-order valence-corrected chi connectivity index (χ4v) is 1.75. The maximum atomic E-state index is 5.68. The van der Waals surface area contributed by atoms with Crippen molar-refractivity contribution in [3.8, 4) is 11.5 Å². The normalized spacial score (nSPS) is 10.7. The number of hydrogen-bond donors (Lipinski definition) is 0. The molecule has 18 heavy (non-hydrogen) atoms. The van der Waals surface area contributed by atoms with E-state index in [1.807, 2.05) is 37.3 Å². The van der Waals surface area contributed by atoms with Crippen molar-refractivity contribution in [2.24, 2.45) is 0 Å². The van der Waals surface area contributed by atoms with Crippen LogP contribution in [0.1, 0.15) is 11.5 Å². The van der Waals surface area contributed by atoms with Gasteiger partial charge in [-0.1, -0.05) is 23.4 Å². The van der Waals surface area contributed by atoms with Crippen molar-refractivity contribution in [3.63, 3.8) is 0 Å². The van der Waals surface area contributed by atoms with E-state index in [9.17, 15) is 0 Å². The molecule has 3 aromatic rings. The third-order valence-electron chi connectivity index (χ3n) is 2.70. The fraction of sp³-hybridized carbons (Fsp3) is 0.154. The number of benzene rings is 1. The van der Waals surface area contributed by atoms with Crippen LogP contribution in [0.5, 0.6) is 0 Å². The van der Waals surface area contributed by atoms with Gasteiger partial charge in [-0.2, -0.15) is 0 Å². The molecule has 2 heterocycles. The Bertz CT molecular complexity index is 628. The minimum Gasteiger partial charge on any atom is -0.441 e. The Balaban J connectivity index is 1.91. The smallest absolute Gasteiger partial charge is 0.226 e. The van der Waals surface area contributed by atoms with Crippen LogP contribution in [0.2, 0.25) is 0 Å². The van der Waals surface area contributed by atoms with Gasteiger partial charge in [0.2, 0.25) is 5.89 Å². The largest absolute Gasteiger partial charge is 0.441 e. The molecular formula is C13H12N4O. The van der Waals surface area contributed by atoms with Gasteiger partial charge in [-0.05, 0) is 19.1 Å². The summed E-state index contributed by atoms with van der Waals surface area (Å²) in [6.45, 7) is 2.48. The van der Waals surface area contributed by atoms with Crippen LogP contribution < -0.4 is 0 Å². The molecule has 0 atom stereocenters. The topological polar surface area (TPSA) is 56.7 Å². The van der Waals surface area contributed by atoms with E-state index in [4.69, 9.17) is 4.42 Å². The second kappa shape index (κ2) is 4.44. The molecule has 0 bridgehead atoms. The monoisotopic (exact) mass is 240 g/mol. The Hall–Kier alpha value is -2.43. The van der Waals surface area contributed by atoms with E-state index >= 15 is 0 Å². The van der Waals surface area contributed by atoms with E-state index < -0.39 is 0 Å². The van der Waals surface area contributed by atoms with Crippen molar-refractivity contribution in [2.75, 3.05) is 0 Å². The maximum Gasteiger partial charge on any atom is 0.226 e. The first-order chi connectivity index (χ1) is 8.83. The molecule has 0 saturated heterocycles. The van der Waals surface area contributed by atoms with Crippen LogP contribution in [0, 0.1) is 6.92 Å². The number of aryl methyl sites for hydroxylation is 1. The zero-order valence-corrected chi connectivity index (χ0v) is 9.95.